The lowest BCUT2D eigenvalue weighted by atomic mass is 9.81. The van der Waals surface area contributed by atoms with Gasteiger partial charge in [-0.2, -0.15) is 0 Å². The van der Waals surface area contributed by atoms with Crippen molar-refractivity contribution in [2.24, 2.45) is 11.8 Å². The Morgan fingerprint density at radius 2 is 1.69 bits per heavy atom. The van der Waals surface area contributed by atoms with Gasteiger partial charge < -0.3 is 9.64 Å². The molecule has 1 saturated carbocycles. The predicted molar refractivity (Wildman–Crippen MR) is 120 cm³/mol. The standard InChI is InChI=1S/C25H35N3O4/c1-19(17-26-13-15-32-16-14-26)28(18-20-7-3-2-4-8-20)23(29)11-12-27-24(30)21-9-5-6-10-22(21)25(27)31/h2-4,7-8,19,21-22H,5-6,9-18H2,1H3. The zero-order chi connectivity index (χ0) is 22.5. The van der Waals surface area contributed by atoms with E-state index in [-0.39, 0.29) is 48.6 Å². The lowest BCUT2D eigenvalue weighted by Gasteiger charge is -2.35. The second kappa shape index (κ2) is 10.6. The second-order valence-electron chi connectivity index (χ2n) is 9.34. The fourth-order valence-electron chi connectivity index (χ4n) is 5.33. The summed E-state index contributed by atoms with van der Waals surface area (Å²) >= 11 is 0. The van der Waals surface area contributed by atoms with Gasteiger partial charge in [0.2, 0.25) is 17.7 Å². The van der Waals surface area contributed by atoms with Gasteiger partial charge in [-0.15, -0.1) is 0 Å². The van der Waals surface area contributed by atoms with Gasteiger partial charge in [-0.25, -0.2) is 0 Å². The third-order valence-corrected chi connectivity index (χ3v) is 7.16. The summed E-state index contributed by atoms with van der Waals surface area (Å²) in [6, 6.07) is 10.0. The van der Waals surface area contributed by atoms with E-state index in [1.54, 1.807) is 0 Å². The van der Waals surface area contributed by atoms with Crippen LogP contribution >= 0.6 is 0 Å². The number of nitrogens with zero attached hydrogens (tertiary/aromatic N) is 3. The Hall–Kier alpha value is -2.25. The molecule has 0 radical (unpaired) electrons. The molecule has 3 aliphatic rings. The number of carbonyl (C=O) groups excluding carboxylic acids is 3. The number of hydrogen-bond acceptors (Lipinski definition) is 5. The van der Waals surface area contributed by atoms with E-state index in [0.717, 1.165) is 64.1 Å². The molecule has 32 heavy (non-hydrogen) atoms. The fraction of sp³-hybridized carbons (Fsp3) is 0.640. The van der Waals surface area contributed by atoms with E-state index in [1.165, 1.54) is 4.90 Å². The summed E-state index contributed by atoms with van der Waals surface area (Å²) < 4.78 is 5.45. The Balaban J connectivity index is 1.41. The van der Waals surface area contributed by atoms with Crippen LogP contribution < -0.4 is 0 Å². The summed E-state index contributed by atoms with van der Waals surface area (Å²) in [5.41, 5.74) is 1.08. The molecule has 3 unspecified atom stereocenters. The van der Waals surface area contributed by atoms with E-state index in [1.807, 2.05) is 35.2 Å². The average Bonchev–Trinajstić information content (AvgIpc) is 3.07. The highest BCUT2D eigenvalue weighted by Crippen LogP contribution is 2.38. The van der Waals surface area contributed by atoms with Crippen LogP contribution in [0.2, 0.25) is 0 Å². The number of fused-ring (bicyclic) bond motifs is 1. The first-order valence-electron chi connectivity index (χ1n) is 12.0. The van der Waals surface area contributed by atoms with Crippen LogP contribution in [0.5, 0.6) is 0 Å². The zero-order valence-electron chi connectivity index (χ0n) is 19.1. The predicted octanol–water partition coefficient (Wildman–Crippen LogP) is 2.30. The minimum absolute atomic E-state index is 0.00918. The minimum atomic E-state index is -0.160. The van der Waals surface area contributed by atoms with Crippen molar-refractivity contribution < 1.29 is 19.1 Å². The van der Waals surface area contributed by atoms with Crippen LogP contribution in [0.4, 0.5) is 0 Å². The molecule has 0 N–H and O–H groups in total. The highest BCUT2D eigenvalue weighted by atomic mass is 16.5. The Morgan fingerprint density at radius 1 is 1.06 bits per heavy atom. The van der Waals surface area contributed by atoms with E-state index in [9.17, 15) is 14.4 Å². The molecule has 1 aromatic rings. The van der Waals surface area contributed by atoms with E-state index in [0.29, 0.717) is 6.54 Å². The van der Waals surface area contributed by atoms with E-state index in [2.05, 4.69) is 11.8 Å². The molecule has 4 rings (SSSR count). The van der Waals surface area contributed by atoms with Gasteiger partial charge in [0.1, 0.15) is 0 Å². The van der Waals surface area contributed by atoms with Gasteiger partial charge in [0.05, 0.1) is 25.0 Å². The van der Waals surface area contributed by atoms with Gasteiger partial charge in [-0.1, -0.05) is 43.2 Å². The van der Waals surface area contributed by atoms with Crippen molar-refractivity contribution in [3.8, 4) is 0 Å². The van der Waals surface area contributed by atoms with Crippen LogP contribution in [0.25, 0.3) is 0 Å². The molecule has 174 valence electrons. The summed E-state index contributed by atoms with van der Waals surface area (Å²) in [6.45, 7) is 6.78. The molecule has 2 heterocycles. The molecule has 0 bridgehead atoms. The zero-order valence-corrected chi connectivity index (χ0v) is 19.1. The van der Waals surface area contributed by atoms with Gasteiger partial charge >= 0.3 is 0 Å². The van der Waals surface area contributed by atoms with E-state index >= 15 is 0 Å². The number of amides is 3. The van der Waals surface area contributed by atoms with Crippen LogP contribution in [0, 0.1) is 11.8 Å². The smallest absolute Gasteiger partial charge is 0.233 e. The van der Waals surface area contributed by atoms with Crippen molar-refractivity contribution in [1.82, 2.24) is 14.7 Å². The Morgan fingerprint density at radius 3 is 2.31 bits per heavy atom. The van der Waals surface area contributed by atoms with Gasteiger partial charge in [0, 0.05) is 45.2 Å². The highest BCUT2D eigenvalue weighted by molar-refractivity contribution is 6.05. The Bertz CT molecular complexity index is 785. The quantitative estimate of drug-likeness (QED) is 0.579. The molecule has 7 nitrogen and oxygen atoms in total. The summed E-state index contributed by atoms with van der Waals surface area (Å²) in [5, 5.41) is 0. The molecular weight excluding hydrogens is 406 g/mol. The van der Waals surface area contributed by atoms with E-state index < -0.39 is 0 Å². The largest absolute Gasteiger partial charge is 0.379 e. The number of hydrogen-bond donors (Lipinski definition) is 0. The molecule has 0 spiro atoms. The minimum Gasteiger partial charge on any atom is -0.379 e. The molecule has 2 saturated heterocycles. The van der Waals surface area contributed by atoms with Gasteiger partial charge in [0.25, 0.3) is 0 Å². The first-order chi connectivity index (χ1) is 15.5. The highest BCUT2D eigenvalue weighted by Gasteiger charge is 2.48. The number of likely N-dealkylation sites (tertiary alicyclic amines) is 1. The molecular formula is C25H35N3O4. The molecule has 1 aromatic carbocycles. The number of benzene rings is 1. The summed E-state index contributed by atoms with van der Waals surface area (Å²) in [7, 11) is 0. The monoisotopic (exact) mass is 441 g/mol. The maximum atomic E-state index is 13.3. The van der Waals surface area contributed by atoms with Crippen LogP contribution in [-0.4, -0.2) is 77.9 Å². The lowest BCUT2D eigenvalue weighted by molar-refractivity contribution is -0.141. The summed E-state index contributed by atoms with van der Waals surface area (Å²) in [6.07, 6.45) is 3.80. The molecule has 0 aromatic heterocycles. The number of morpholine rings is 1. The fourth-order valence-corrected chi connectivity index (χ4v) is 5.33. The molecule has 7 heteroatoms. The van der Waals surface area contributed by atoms with Crippen molar-refractivity contribution in [1.29, 1.82) is 0 Å². The topological polar surface area (TPSA) is 70.2 Å². The Labute approximate surface area is 190 Å². The molecule has 3 atom stereocenters. The Kier molecular flexibility index (Phi) is 7.58. The summed E-state index contributed by atoms with van der Waals surface area (Å²) in [5.74, 6) is -0.462. The van der Waals surface area contributed by atoms with Gasteiger partial charge in [0.15, 0.2) is 0 Å². The van der Waals surface area contributed by atoms with Crippen molar-refractivity contribution in [2.75, 3.05) is 39.4 Å². The molecule has 3 fully saturated rings. The van der Waals surface area contributed by atoms with Crippen LogP contribution in [0.1, 0.15) is 44.6 Å². The number of imide groups is 1. The maximum Gasteiger partial charge on any atom is 0.233 e. The lowest BCUT2D eigenvalue weighted by Crippen LogP contribution is -2.48. The van der Waals surface area contributed by atoms with Crippen molar-refractivity contribution in [3.63, 3.8) is 0 Å². The van der Waals surface area contributed by atoms with Gasteiger partial charge in [-0.05, 0) is 25.3 Å². The van der Waals surface area contributed by atoms with Crippen LogP contribution in [-0.2, 0) is 25.7 Å². The average molecular weight is 442 g/mol. The number of rotatable bonds is 8. The van der Waals surface area contributed by atoms with Crippen LogP contribution in [0.15, 0.2) is 30.3 Å². The number of carbonyl (C=O) groups is 3. The molecule has 2 aliphatic heterocycles. The molecule has 1 aliphatic carbocycles. The first kappa shape index (κ1) is 22.9. The third-order valence-electron chi connectivity index (χ3n) is 7.16. The number of ether oxygens (including phenoxy) is 1. The third kappa shape index (κ3) is 5.21. The van der Waals surface area contributed by atoms with Gasteiger partial charge in [-0.3, -0.25) is 24.2 Å². The maximum absolute atomic E-state index is 13.3. The van der Waals surface area contributed by atoms with Crippen molar-refractivity contribution in [3.05, 3.63) is 35.9 Å². The summed E-state index contributed by atoms with van der Waals surface area (Å²) in [4.78, 5) is 44.5. The van der Waals surface area contributed by atoms with Crippen molar-refractivity contribution >= 4 is 17.7 Å². The first-order valence-corrected chi connectivity index (χ1v) is 12.0. The SMILES string of the molecule is CC(CN1CCOCC1)N(Cc1ccccc1)C(=O)CCN1C(=O)C2CCCCC2C1=O. The van der Waals surface area contributed by atoms with E-state index in [4.69, 9.17) is 4.74 Å². The van der Waals surface area contributed by atoms with Crippen LogP contribution in [0.3, 0.4) is 0 Å². The normalized spacial score (nSPS) is 25.0. The molecule has 3 amide bonds. The second-order valence-corrected chi connectivity index (χ2v) is 9.34. The van der Waals surface area contributed by atoms with Crippen molar-refractivity contribution in [2.45, 2.75) is 51.6 Å².